The second-order valence-electron chi connectivity index (χ2n) is 6.93. The second kappa shape index (κ2) is 9.08. The number of halogens is 3. The topological polar surface area (TPSA) is 48.5 Å². The van der Waals surface area contributed by atoms with Gasteiger partial charge in [0.15, 0.2) is 5.96 Å². The molecular formula is C18H29F3N4. The van der Waals surface area contributed by atoms with Crippen LogP contribution in [0.25, 0.3) is 0 Å². The summed E-state index contributed by atoms with van der Waals surface area (Å²) in [6.45, 7) is 12.0. The van der Waals surface area contributed by atoms with E-state index >= 15 is 0 Å². The Labute approximate surface area is 148 Å². The predicted molar refractivity (Wildman–Crippen MR) is 96.7 cm³/mol. The van der Waals surface area contributed by atoms with E-state index in [-0.39, 0.29) is 11.6 Å². The molecule has 1 rings (SSSR count). The summed E-state index contributed by atoms with van der Waals surface area (Å²) in [5, 5.41) is 9.61. The number of nitrogens with zero attached hydrogens (tertiary/aromatic N) is 1. The number of rotatable bonds is 6. The minimum Gasteiger partial charge on any atom is -0.357 e. The van der Waals surface area contributed by atoms with Gasteiger partial charge in [0, 0.05) is 18.6 Å². The van der Waals surface area contributed by atoms with Crippen molar-refractivity contribution < 1.29 is 13.2 Å². The standard InChI is InChI=1S/C18H29F3N4/c1-6-22-16(23-10-11-24-17(3,4)5)25-13(2)14-8-7-9-15(12-14)18(19,20)21/h7-9,12-13,24H,6,10-11H2,1-5H3,(H2,22,23,25). The lowest BCUT2D eigenvalue weighted by molar-refractivity contribution is -0.137. The smallest absolute Gasteiger partial charge is 0.357 e. The van der Waals surface area contributed by atoms with Crippen LogP contribution in [-0.4, -0.2) is 31.1 Å². The Balaban J connectivity index is 2.74. The molecule has 0 bridgehead atoms. The number of benzene rings is 1. The molecule has 0 heterocycles. The summed E-state index contributed by atoms with van der Waals surface area (Å²) in [5.74, 6) is 0.586. The molecule has 0 spiro atoms. The number of hydrogen-bond donors (Lipinski definition) is 3. The van der Waals surface area contributed by atoms with E-state index in [9.17, 15) is 13.2 Å². The van der Waals surface area contributed by atoms with Crippen LogP contribution < -0.4 is 16.0 Å². The average molecular weight is 358 g/mol. The first-order chi connectivity index (χ1) is 11.5. The van der Waals surface area contributed by atoms with Crippen LogP contribution in [-0.2, 0) is 6.18 Å². The Morgan fingerprint density at radius 1 is 1.20 bits per heavy atom. The Morgan fingerprint density at radius 3 is 2.44 bits per heavy atom. The molecule has 1 aromatic carbocycles. The molecule has 0 aliphatic heterocycles. The third-order valence-corrected chi connectivity index (χ3v) is 3.45. The summed E-state index contributed by atoms with van der Waals surface area (Å²) in [4.78, 5) is 4.46. The maximum atomic E-state index is 12.9. The van der Waals surface area contributed by atoms with E-state index in [1.54, 1.807) is 6.07 Å². The molecular weight excluding hydrogens is 329 g/mol. The fourth-order valence-electron chi connectivity index (χ4n) is 2.19. The van der Waals surface area contributed by atoms with Crippen LogP contribution in [0.4, 0.5) is 13.2 Å². The van der Waals surface area contributed by atoms with Crippen molar-refractivity contribution in [3.05, 3.63) is 35.4 Å². The quantitative estimate of drug-likeness (QED) is 0.413. The highest BCUT2D eigenvalue weighted by molar-refractivity contribution is 5.80. The van der Waals surface area contributed by atoms with Crippen LogP contribution in [0.3, 0.4) is 0 Å². The molecule has 0 saturated carbocycles. The van der Waals surface area contributed by atoms with E-state index in [1.807, 2.05) is 13.8 Å². The van der Waals surface area contributed by atoms with E-state index in [2.05, 4.69) is 41.7 Å². The first-order valence-corrected chi connectivity index (χ1v) is 8.50. The lowest BCUT2D eigenvalue weighted by Crippen LogP contribution is -2.40. The molecule has 0 aromatic heterocycles. The Hall–Kier alpha value is -1.76. The van der Waals surface area contributed by atoms with Crippen LogP contribution in [0.2, 0.25) is 0 Å². The summed E-state index contributed by atoms with van der Waals surface area (Å²) < 4.78 is 38.6. The van der Waals surface area contributed by atoms with Crippen molar-refractivity contribution in [3.63, 3.8) is 0 Å². The highest BCUT2D eigenvalue weighted by Crippen LogP contribution is 2.30. The van der Waals surface area contributed by atoms with Crippen LogP contribution >= 0.6 is 0 Å². The van der Waals surface area contributed by atoms with E-state index in [0.29, 0.717) is 24.6 Å². The Kier molecular flexibility index (Phi) is 7.73. The monoisotopic (exact) mass is 358 g/mol. The molecule has 0 fully saturated rings. The second-order valence-corrected chi connectivity index (χ2v) is 6.93. The minimum absolute atomic E-state index is 0.0205. The molecule has 0 aliphatic rings. The Morgan fingerprint density at radius 2 is 1.88 bits per heavy atom. The first kappa shape index (κ1) is 21.3. The van der Waals surface area contributed by atoms with Gasteiger partial charge >= 0.3 is 6.18 Å². The number of alkyl halides is 3. The van der Waals surface area contributed by atoms with Gasteiger partial charge in [-0.25, -0.2) is 0 Å². The summed E-state index contributed by atoms with van der Waals surface area (Å²) in [6.07, 6.45) is -4.34. The zero-order valence-electron chi connectivity index (χ0n) is 15.6. The minimum atomic E-state index is -4.34. The van der Waals surface area contributed by atoms with Gasteiger partial charge in [-0.15, -0.1) is 0 Å². The van der Waals surface area contributed by atoms with E-state index in [1.165, 1.54) is 12.1 Å². The van der Waals surface area contributed by atoms with Crippen LogP contribution in [0.1, 0.15) is 51.8 Å². The van der Waals surface area contributed by atoms with Crippen LogP contribution in [0.5, 0.6) is 0 Å². The van der Waals surface area contributed by atoms with Gasteiger partial charge < -0.3 is 16.0 Å². The van der Waals surface area contributed by atoms with Crippen molar-refractivity contribution in [2.24, 2.45) is 4.99 Å². The fourth-order valence-corrected chi connectivity index (χ4v) is 2.19. The molecule has 7 heteroatoms. The maximum absolute atomic E-state index is 12.9. The largest absolute Gasteiger partial charge is 0.416 e. The van der Waals surface area contributed by atoms with Gasteiger partial charge in [0.05, 0.1) is 18.2 Å². The average Bonchev–Trinajstić information content (AvgIpc) is 2.50. The van der Waals surface area contributed by atoms with E-state index < -0.39 is 11.7 Å². The van der Waals surface area contributed by atoms with E-state index in [0.717, 1.165) is 12.6 Å². The van der Waals surface area contributed by atoms with Gasteiger partial charge in [-0.2, -0.15) is 13.2 Å². The molecule has 0 radical (unpaired) electrons. The van der Waals surface area contributed by atoms with Crippen LogP contribution in [0, 0.1) is 0 Å². The van der Waals surface area contributed by atoms with Crippen LogP contribution in [0.15, 0.2) is 29.3 Å². The third-order valence-electron chi connectivity index (χ3n) is 3.45. The van der Waals surface area contributed by atoms with Gasteiger partial charge in [0.2, 0.25) is 0 Å². The molecule has 0 saturated heterocycles. The van der Waals surface area contributed by atoms with Gasteiger partial charge in [0.25, 0.3) is 0 Å². The third kappa shape index (κ3) is 8.25. The molecule has 142 valence electrons. The highest BCUT2D eigenvalue weighted by atomic mass is 19.4. The number of hydrogen-bond acceptors (Lipinski definition) is 2. The number of guanidine groups is 1. The molecule has 0 amide bonds. The molecule has 4 nitrogen and oxygen atoms in total. The molecule has 25 heavy (non-hydrogen) atoms. The van der Waals surface area contributed by atoms with Gasteiger partial charge in [0.1, 0.15) is 0 Å². The van der Waals surface area contributed by atoms with Gasteiger partial charge in [-0.3, -0.25) is 4.99 Å². The van der Waals surface area contributed by atoms with Crippen molar-refractivity contribution in [3.8, 4) is 0 Å². The van der Waals surface area contributed by atoms with Gasteiger partial charge in [-0.05, 0) is 52.3 Å². The number of nitrogens with one attached hydrogen (secondary N) is 3. The zero-order valence-corrected chi connectivity index (χ0v) is 15.6. The molecule has 1 atom stereocenters. The predicted octanol–water partition coefficient (Wildman–Crippen LogP) is 3.71. The van der Waals surface area contributed by atoms with Crippen molar-refractivity contribution >= 4 is 5.96 Å². The maximum Gasteiger partial charge on any atom is 0.416 e. The summed E-state index contributed by atoms with van der Waals surface area (Å²) >= 11 is 0. The highest BCUT2D eigenvalue weighted by Gasteiger charge is 2.30. The van der Waals surface area contributed by atoms with Crippen molar-refractivity contribution in [2.75, 3.05) is 19.6 Å². The SMILES string of the molecule is CCNC(=NCCNC(C)(C)C)NC(C)c1cccc(C(F)(F)F)c1. The molecule has 1 unspecified atom stereocenters. The number of aliphatic imine (C=N–C) groups is 1. The zero-order chi connectivity index (χ0) is 19.1. The first-order valence-electron chi connectivity index (χ1n) is 8.50. The van der Waals surface area contributed by atoms with Gasteiger partial charge in [-0.1, -0.05) is 12.1 Å². The van der Waals surface area contributed by atoms with Crippen molar-refractivity contribution in [1.82, 2.24) is 16.0 Å². The Bertz CT molecular complexity index is 562. The fraction of sp³-hybridized carbons (Fsp3) is 0.611. The van der Waals surface area contributed by atoms with Crippen molar-refractivity contribution in [2.45, 2.75) is 52.4 Å². The molecule has 0 aliphatic carbocycles. The summed E-state index contributed by atoms with van der Waals surface area (Å²) in [6, 6.07) is 5.05. The summed E-state index contributed by atoms with van der Waals surface area (Å²) in [7, 11) is 0. The molecule has 1 aromatic rings. The van der Waals surface area contributed by atoms with Crippen molar-refractivity contribution in [1.29, 1.82) is 0 Å². The lowest BCUT2D eigenvalue weighted by atomic mass is 10.1. The normalized spacial score (nSPS) is 14.3. The molecule has 3 N–H and O–H groups in total. The summed E-state index contributed by atoms with van der Waals surface area (Å²) in [5.41, 5.74) is -0.0599. The lowest BCUT2D eigenvalue weighted by Gasteiger charge is -2.21. The van der Waals surface area contributed by atoms with E-state index in [4.69, 9.17) is 0 Å².